The van der Waals surface area contributed by atoms with Gasteiger partial charge in [0.05, 0.1) is 10.2 Å². The number of nitrogens with zero attached hydrogens (tertiary/aromatic N) is 1. The molecule has 1 saturated heterocycles. The van der Waals surface area contributed by atoms with Crippen LogP contribution in [0.4, 0.5) is 14.5 Å². The molecule has 1 aromatic rings. The van der Waals surface area contributed by atoms with Crippen molar-refractivity contribution in [1.82, 2.24) is 5.32 Å². The number of benzene rings is 1. The predicted molar refractivity (Wildman–Crippen MR) is 77.6 cm³/mol. The summed E-state index contributed by atoms with van der Waals surface area (Å²) in [4.78, 5) is 1.93. The SMILES string of the molecule is CCCNC1CCCN(c2cc(F)c(Br)cc2F)C1. The highest BCUT2D eigenvalue weighted by atomic mass is 79.9. The third-order valence-corrected chi connectivity index (χ3v) is 4.04. The first kappa shape index (κ1) is 14.7. The molecular weight excluding hydrogens is 314 g/mol. The molecule has 2 nitrogen and oxygen atoms in total. The second kappa shape index (κ2) is 6.66. The number of halogens is 3. The predicted octanol–water partition coefficient (Wildman–Crippen LogP) is 3.70. The van der Waals surface area contributed by atoms with Crippen LogP contribution in [0.2, 0.25) is 0 Å². The van der Waals surface area contributed by atoms with Gasteiger partial charge in [0.2, 0.25) is 0 Å². The summed E-state index contributed by atoms with van der Waals surface area (Å²) in [6.45, 7) is 4.60. The number of hydrogen-bond donors (Lipinski definition) is 1. The highest BCUT2D eigenvalue weighted by molar-refractivity contribution is 9.10. The van der Waals surface area contributed by atoms with Gasteiger partial charge >= 0.3 is 0 Å². The Balaban J connectivity index is 2.10. The van der Waals surface area contributed by atoms with Crippen LogP contribution in [0.1, 0.15) is 26.2 Å². The van der Waals surface area contributed by atoms with Crippen molar-refractivity contribution in [3.63, 3.8) is 0 Å². The van der Waals surface area contributed by atoms with Crippen LogP contribution < -0.4 is 10.2 Å². The number of nitrogens with one attached hydrogen (secondary N) is 1. The van der Waals surface area contributed by atoms with Crippen LogP contribution in [0, 0.1) is 11.6 Å². The lowest BCUT2D eigenvalue weighted by Crippen LogP contribution is -2.46. The summed E-state index contributed by atoms with van der Waals surface area (Å²) in [6.07, 6.45) is 3.17. The Morgan fingerprint density at radius 2 is 2.16 bits per heavy atom. The second-order valence-electron chi connectivity index (χ2n) is 4.96. The minimum Gasteiger partial charge on any atom is -0.368 e. The van der Waals surface area contributed by atoms with Crippen LogP contribution in [-0.2, 0) is 0 Å². The Morgan fingerprint density at radius 1 is 1.37 bits per heavy atom. The van der Waals surface area contributed by atoms with Crippen LogP contribution >= 0.6 is 15.9 Å². The fourth-order valence-electron chi connectivity index (χ4n) is 2.47. The average molecular weight is 333 g/mol. The fraction of sp³-hybridized carbons (Fsp3) is 0.571. The first-order valence-corrected chi connectivity index (χ1v) is 7.54. The van der Waals surface area contributed by atoms with Crippen LogP contribution in [0.5, 0.6) is 0 Å². The highest BCUT2D eigenvalue weighted by Crippen LogP contribution is 2.28. The summed E-state index contributed by atoms with van der Waals surface area (Å²) in [5.74, 6) is -0.788. The van der Waals surface area contributed by atoms with Gasteiger partial charge in [-0.1, -0.05) is 6.92 Å². The first-order valence-electron chi connectivity index (χ1n) is 6.74. The zero-order chi connectivity index (χ0) is 13.8. The number of anilines is 1. The molecule has 5 heteroatoms. The summed E-state index contributed by atoms with van der Waals surface area (Å²) in [7, 11) is 0. The summed E-state index contributed by atoms with van der Waals surface area (Å²) < 4.78 is 27.7. The van der Waals surface area contributed by atoms with Crippen LogP contribution in [0.3, 0.4) is 0 Å². The minimum absolute atomic E-state index is 0.173. The molecule has 1 aliphatic heterocycles. The maximum atomic E-state index is 13.9. The first-order chi connectivity index (χ1) is 9.11. The lowest BCUT2D eigenvalue weighted by Gasteiger charge is -2.35. The molecule has 1 aliphatic rings. The Bertz CT molecular complexity index is 440. The maximum Gasteiger partial charge on any atom is 0.147 e. The molecule has 0 amide bonds. The van der Waals surface area contributed by atoms with E-state index in [0.717, 1.165) is 38.9 Å². The topological polar surface area (TPSA) is 15.3 Å². The molecule has 0 bridgehead atoms. The van der Waals surface area contributed by atoms with E-state index in [4.69, 9.17) is 0 Å². The fourth-order valence-corrected chi connectivity index (χ4v) is 2.78. The van der Waals surface area contributed by atoms with Gasteiger partial charge in [0, 0.05) is 25.2 Å². The lowest BCUT2D eigenvalue weighted by molar-refractivity contribution is 0.419. The molecule has 1 aromatic carbocycles. The Morgan fingerprint density at radius 3 is 2.89 bits per heavy atom. The van der Waals surface area contributed by atoms with Crippen molar-refractivity contribution in [3.8, 4) is 0 Å². The Hall–Kier alpha value is -0.680. The summed E-state index contributed by atoms with van der Waals surface area (Å²) in [6, 6.07) is 2.84. The van der Waals surface area contributed by atoms with Crippen molar-refractivity contribution in [2.75, 3.05) is 24.5 Å². The van der Waals surface area contributed by atoms with Crippen molar-refractivity contribution < 1.29 is 8.78 Å². The maximum absolute atomic E-state index is 13.9. The van der Waals surface area contributed by atoms with Gasteiger partial charge < -0.3 is 10.2 Å². The largest absolute Gasteiger partial charge is 0.368 e. The van der Waals surface area contributed by atoms with Gasteiger partial charge in [0.1, 0.15) is 11.6 Å². The van der Waals surface area contributed by atoms with E-state index < -0.39 is 5.82 Å². The van der Waals surface area contributed by atoms with E-state index in [1.54, 1.807) is 0 Å². The van der Waals surface area contributed by atoms with E-state index in [1.807, 2.05) is 4.90 Å². The zero-order valence-electron chi connectivity index (χ0n) is 11.1. The molecule has 0 aliphatic carbocycles. The van der Waals surface area contributed by atoms with Gasteiger partial charge in [-0.25, -0.2) is 8.78 Å². The zero-order valence-corrected chi connectivity index (χ0v) is 12.6. The van der Waals surface area contributed by atoms with Gasteiger partial charge in [-0.15, -0.1) is 0 Å². The molecule has 2 rings (SSSR count). The minimum atomic E-state index is -0.417. The third-order valence-electron chi connectivity index (χ3n) is 3.43. The van der Waals surface area contributed by atoms with Crippen molar-refractivity contribution in [3.05, 3.63) is 28.2 Å². The second-order valence-corrected chi connectivity index (χ2v) is 5.81. The summed E-state index contributed by atoms with van der Waals surface area (Å²) in [5, 5.41) is 3.45. The standard InChI is InChI=1S/C14H19BrF2N2/c1-2-5-18-10-4-3-6-19(9-10)14-8-12(16)11(15)7-13(14)17/h7-8,10,18H,2-6,9H2,1H3. The molecule has 0 aromatic heterocycles. The number of rotatable bonds is 4. The Labute approximate surface area is 121 Å². The number of hydrogen-bond acceptors (Lipinski definition) is 2. The van der Waals surface area contributed by atoms with E-state index in [-0.39, 0.29) is 10.3 Å². The smallest absolute Gasteiger partial charge is 0.147 e. The van der Waals surface area contributed by atoms with Gasteiger partial charge in [-0.2, -0.15) is 0 Å². The van der Waals surface area contributed by atoms with Gasteiger partial charge in [-0.05, 0) is 47.8 Å². The van der Waals surface area contributed by atoms with Crippen LogP contribution in [-0.4, -0.2) is 25.7 Å². The van der Waals surface area contributed by atoms with Crippen molar-refractivity contribution >= 4 is 21.6 Å². The van der Waals surface area contributed by atoms with E-state index >= 15 is 0 Å². The van der Waals surface area contributed by atoms with E-state index in [2.05, 4.69) is 28.2 Å². The Kier molecular flexibility index (Phi) is 5.16. The molecule has 0 spiro atoms. The van der Waals surface area contributed by atoms with E-state index in [0.29, 0.717) is 11.7 Å². The highest BCUT2D eigenvalue weighted by Gasteiger charge is 2.22. The van der Waals surface area contributed by atoms with Crippen molar-refractivity contribution in [2.45, 2.75) is 32.2 Å². The monoisotopic (exact) mass is 332 g/mol. The number of piperidine rings is 1. The molecule has 19 heavy (non-hydrogen) atoms. The van der Waals surface area contributed by atoms with E-state index in [9.17, 15) is 8.78 Å². The lowest BCUT2D eigenvalue weighted by atomic mass is 10.0. The van der Waals surface area contributed by atoms with Crippen molar-refractivity contribution in [2.24, 2.45) is 0 Å². The van der Waals surface area contributed by atoms with Crippen molar-refractivity contribution in [1.29, 1.82) is 0 Å². The normalized spacial score (nSPS) is 19.8. The molecular formula is C14H19BrF2N2. The molecule has 106 valence electrons. The van der Waals surface area contributed by atoms with Crippen LogP contribution in [0.15, 0.2) is 16.6 Å². The molecule has 1 unspecified atom stereocenters. The quantitative estimate of drug-likeness (QED) is 0.846. The van der Waals surface area contributed by atoms with E-state index in [1.165, 1.54) is 12.1 Å². The summed E-state index contributed by atoms with van der Waals surface area (Å²) >= 11 is 3.00. The van der Waals surface area contributed by atoms with Crippen LogP contribution in [0.25, 0.3) is 0 Å². The van der Waals surface area contributed by atoms with Gasteiger partial charge in [-0.3, -0.25) is 0 Å². The molecule has 0 saturated carbocycles. The van der Waals surface area contributed by atoms with Gasteiger partial charge in [0.25, 0.3) is 0 Å². The average Bonchev–Trinajstić information content (AvgIpc) is 2.41. The molecule has 1 fully saturated rings. The molecule has 1 atom stereocenters. The van der Waals surface area contributed by atoms with Gasteiger partial charge in [0.15, 0.2) is 0 Å². The molecule has 0 radical (unpaired) electrons. The molecule has 1 heterocycles. The molecule has 1 N–H and O–H groups in total. The third kappa shape index (κ3) is 3.66. The summed E-state index contributed by atoms with van der Waals surface area (Å²) in [5.41, 5.74) is 0.365.